The molecular weight excluding hydrogens is 598 g/mol. The molecule has 1 saturated heterocycles. The topological polar surface area (TPSA) is 200 Å². The molecule has 8 atom stereocenters. The second-order valence-electron chi connectivity index (χ2n) is 11.9. The standard InChI is InChI=1S/C33H39N3O10/c1-3-13-35-24-12-11-21(34-30(42)29-27(40)26(39)28(41)31(43)46-29)15-23(24)33(45,32(35)44)18(2)7-6-10-25(38)36-16-20-9-5-4-8-19(20)14-22(36)17-37/h3-9,11-12,15,18,22,26-29,31,37,39-41,43,45H,1,10,13-14,16-17H2,2H3,(H,34,42)/b7-6+/t18-,22-,26-,27-,28+,29-,31+,33+/m0/s1. The normalized spacial score (nSPS) is 29.8. The van der Waals surface area contributed by atoms with Gasteiger partial charge in [0, 0.05) is 36.7 Å². The predicted molar refractivity (Wildman–Crippen MR) is 165 cm³/mol. The molecule has 0 bridgehead atoms. The van der Waals surface area contributed by atoms with E-state index in [1.165, 1.54) is 29.2 Å². The van der Waals surface area contributed by atoms with Crippen molar-refractivity contribution in [2.45, 2.75) is 68.7 Å². The van der Waals surface area contributed by atoms with Gasteiger partial charge in [-0.25, -0.2) is 0 Å². The maximum absolute atomic E-state index is 13.7. The number of ether oxygens (including phenoxy) is 1. The number of anilines is 2. The third-order valence-electron chi connectivity index (χ3n) is 8.96. The molecule has 2 aromatic carbocycles. The molecule has 0 spiro atoms. The molecule has 1 fully saturated rings. The van der Waals surface area contributed by atoms with Crippen molar-refractivity contribution in [1.29, 1.82) is 0 Å². The minimum atomic E-state index is -2.09. The Morgan fingerprint density at radius 3 is 2.52 bits per heavy atom. The molecule has 5 rings (SSSR count). The second kappa shape index (κ2) is 13.4. The highest BCUT2D eigenvalue weighted by Gasteiger charge is 2.52. The fourth-order valence-corrected chi connectivity index (χ4v) is 6.30. The molecule has 3 amide bonds. The van der Waals surface area contributed by atoms with Crippen molar-refractivity contribution in [3.05, 3.63) is 84.0 Å². The average Bonchev–Trinajstić information content (AvgIpc) is 3.26. The van der Waals surface area contributed by atoms with Crippen LogP contribution in [0.1, 0.15) is 30.0 Å². The number of nitrogens with one attached hydrogen (secondary N) is 1. The number of fused-ring (bicyclic) bond motifs is 2. The van der Waals surface area contributed by atoms with E-state index >= 15 is 0 Å². The number of carbonyl (C=O) groups is 3. The first-order valence-corrected chi connectivity index (χ1v) is 15.0. The number of aliphatic hydroxyl groups excluding tert-OH is 5. The molecular formula is C33H39N3O10. The minimum Gasteiger partial charge on any atom is -0.394 e. The second-order valence-corrected chi connectivity index (χ2v) is 11.9. The third-order valence-corrected chi connectivity index (χ3v) is 8.96. The van der Waals surface area contributed by atoms with Crippen LogP contribution in [-0.4, -0.2) is 103 Å². The van der Waals surface area contributed by atoms with E-state index in [2.05, 4.69) is 11.9 Å². The predicted octanol–water partition coefficient (Wildman–Crippen LogP) is -0.327. The van der Waals surface area contributed by atoms with Crippen molar-refractivity contribution < 1.29 is 49.8 Å². The van der Waals surface area contributed by atoms with Gasteiger partial charge >= 0.3 is 0 Å². The number of benzene rings is 2. The lowest BCUT2D eigenvalue weighted by molar-refractivity contribution is -0.274. The molecule has 0 aliphatic carbocycles. The van der Waals surface area contributed by atoms with Crippen molar-refractivity contribution in [2.24, 2.45) is 5.92 Å². The number of rotatable bonds is 9. The van der Waals surface area contributed by atoms with E-state index < -0.39 is 54.0 Å². The summed E-state index contributed by atoms with van der Waals surface area (Å²) in [7, 11) is 0. The lowest BCUT2D eigenvalue weighted by Crippen LogP contribution is -2.60. The number of hydrogen-bond donors (Lipinski definition) is 7. The van der Waals surface area contributed by atoms with Crippen LogP contribution in [-0.2, 0) is 37.7 Å². The van der Waals surface area contributed by atoms with Crippen molar-refractivity contribution in [2.75, 3.05) is 23.4 Å². The summed E-state index contributed by atoms with van der Waals surface area (Å²) in [5.41, 5.74) is 0.685. The van der Waals surface area contributed by atoms with Gasteiger partial charge in [-0.15, -0.1) is 6.58 Å². The van der Waals surface area contributed by atoms with E-state index in [0.717, 1.165) is 11.1 Å². The van der Waals surface area contributed by atoms with E-state index in [-0.39, 0.29) is 42.8 Å². The Bertz CT molecular complexity index is 1530. The fraction of sp³-hybridized carbons (Fsp3) is 0.424. The van der Waals surface area contributed by atoms with Crippen LogP contribution in [0.3, 0.4) is 0 Å². The maximum Gasteiger partial charge on any atom is 0.264 e. The van der Waals surface area contributed by atoms with Crippen LogP contribution in [0.2, 0.25) is 0 Å². The molecule has 246 valence electrons. The largest absolute Gasteiger partial charge is 0.394 e. The van der Waals surface area contributed by atoms with Crippen LogP contribution in [0.15, 0.2) is 67.3 Å². The van der Waals surface area contributed by atoms with Crippen LogP contribution < -0.4 is 10.2 Å². The first-order valence-electron chi connectivity index (χ1n) is 15.0. The van der Waals surface area contributed by atoms with Crippen molar-refractivity contribution >= 4 is 29.1 Å². The Balaban J connectivity index is 1.34. The Kier molecular flexibility index (Phi) is 9.75. The van der Waals surface area contributed by atoms with Crippen LogP contribution >= 0.6 is 0 Å². The van der Waals surface area contributed by atoms with Crippen LogP contribution in [0.5, 0.6) is 0 Å². The van der Waals surface area contributed by atoms with Gasteiger partial charge in [0.1, 0.15) is 18.3 Å². The van der Waals surface area contributed by atoms with Crippen LogP contribution in [0.4, 0.5) is 11.4 Å². The van der Waals surface area contributed by atoms with Gasteiger partial charge in [0.15, 0.2) is 18.0 Å². The Hall–Kier alpha value is -3.95. The lowest BCUT2D eigenvalue weighted by Gasteiger charge is -2.37. The van der Waals surface area contributed by atoms with Crippen molar-refractivity contribution in [3.8, 4) is 0 Å². The first kappa shape index (κ1) is 33.4. The van der Waals surface area contributed by atoms with Gasteiger partial charge in [-0.05, 0) is 35.7 Å². The first-order chi connectivity index (χ1) is 21.9. The molecule has 3 aliphatic heterocycles. The number of hydrogen-bond acceptors (Lipinski definition) is 10. The number of nitrogens with zero attached hydrogens (tertiary/aromatic N) is 2. The third kappa shape index (κ3) is 5.98. The molecule has 0 aromatic heterocycles. The van der Waals surface area contributed by atoms with Gasteiger partial charge in [-0.2, -0.15) is 0 Å². The quantitative estimate of drug-likeness (QED) is 0.179. The fourth-order valence-electron chi connectivity index (χ4n) is 6.30. The van der Waals surface area contributed by atoms with Gasteiger partial charge in [0.05, 0.1) is 18.3 Å². The molecule has 0 radical (unpaired) electrons. The molecule has 13 heteroatoms. The van der Waals surface area contributed by atoms with Crippen LogP contribution in [0.25, 0.3) is 0 Å². The molecule has 0 unspecified atom stereocenters. The Labute approximate surface area is 265 Å². The van der Waals surface area contributed by atoms with Crippen LogP contribution in [0, 0.1) is 5.92 Å². The minimum absolute atomic E-state index is 0.0251. The Morgan fingerprint density at radius 1 is 1.11 bits per heavy atom. The number of carbonyl (C=O) groups excluding carboxylic acids is 3. The van der Waals surface area contributed by atoms with Gasteiger partial charge in [-0.3, -0.25) is 14.4 Å². The van der Waals surface area contributed by atoms with E-state index in [1.807, 2.05) is 24.3 Å². The van der Waals surface area contributed by atoms with Crippen molar-refractivity contribution in [3.63, 3.8) is 0 Å². The van der Waals surface area contributed by atoms with Gasteiger partial charge in [-0.1, -0.05) is 49.4 Å². The smallest absolute Gasteiger partial charge is 0.264 e. The summed E-state index contributed by atoms with van der Waals surface area (Å²) < 4.78 is 5.00. The van der Waals surface area contributed by atoms with Gasteiger partial charge < -0.3 is 50.5 Å². The zero-order valence-electron chi connectivity index (χ0n) is 25.3. The highest BCUT2D eigenvalue weighted by Crippen LogP contribution is 2.46. The van der Waals surface area contributed by atoms with Gasteiger partial charge in [0.2, 0.25) is 5.91 Å². The maximum atomic E-state index is 13.7. The highest BCUT2D eigenvalue weighted by molar-refractivity contribution is 6.08. The molecule has 3 aliphatic rings. The molecule has 2 aromatic rings. The van der Waals surface area contributed by atoms with E-state index in [1.54, 1.807) is 24.0 Å². The summed E-state index contributed by atoms with van der Waals surface area (Å²) in [6.07, 6.45) is -3.95. The average molecular weight is 638 g/mol. The molecule has 13 nitrogen and oxygen atoms in total. The van der Waals surface area contributed by atoms with Gasteiger partial charge in [0.25, 0.3) is 11.8 Å². The zero-order valence-corrected chi connectivity index (χ0v) is 25.3. The summed E-state index contributed by atoms with van der Waals surface area (Å²) >= 11 is 0. The number of amides is 3. The van der Waals surface area contributed by atoms with Crippen molar-refractivity contribution in [1.82, 2.24) is 4.90 Å². The summed E-state index contributed by atoms with van der Waals surface area (Å²) in [6.45, 7) is 5.60. The SMILES string of the molecule is C=CCN1C(=O)[C@@](O)([C@@H](C)/C=C/CC(=O)N2Cc3ccccc3C[C@H]2CO)c2cc(NC(=O)[C@H]3O[C@@H](O)[C@H](O)[C@@H](O)[C@@H]3O)ccc21. The molecule has 0 saturated carbocycles. The molecule has 46 heavy (non-hydrogen) atoms. The lowest BCUT2D eigenvalue weighted by atomic mass is 9.82. The molecule has 3 heterocycles. The summed E-state index contributed by atoms with van der Waals surface area (Å²) in [5, 5.41) is 64.1. The zero-order chi connectivity index (χ0) is 33.3. The monoisotopic (exact) mass is 637 g/mol. The highest BCUT2D eigenvalue weighted by atomic mass is 16.6. The summed E-state index contributed by atoms with van der Waals surface area (Å²) in [5.74, 6) is -2.62. The van der Waals surface area contributed by atoms with E-state index in [4.69, 9.17) is 4.74 Å². The van der Waals surface area contributed by atoms with E-state index in [0.29, 0.717) is 18.7 Å². The number of aliphatic hydroxyl groups is 6. The molecule has 7 N–H and O–H groups in total. The summed E-state index contributed by atoms with van der Waals surface area (Å²) in [4.78, 5) is 42.8. The summed E-state index contributed by atoms with van der Waals surface area (Å²) in [6, 6.07) is 11.8. The Morgan fingerprint density at radius 2 is 1.83 bits per heavy atom. The van der Waals surface area contributed by atoms with E-state index in [9.17, 15) is 45.0 Å².